The summed E-state index contributed by atoms with van der Waals surface area (Å²) in [4.78, 5) is 16.7. The van der Waals surface area contributed by atoms with Gasteiger partial charge in [-0.25, -0.2) is 0 Å². The molecule has 0 aliphatic carbocycles. The van der Waals surface area contributed by atoms with Gasteiger partial charge in [0.1, 0.15) is 5.75 Å². The lowest BCUT2D eigenvalue weighted by Crippen LogP contribution is -2.48. The van der Waals surface area contributed by atoms with E-state index < -0.39 is 0 Å². The molecule has 1 aliphatic heterocycles. The third kappa shape index (κ3) is 3.34. The highest BCUT2D eigenvalue weighted by Crippen LogP contribution is 2.34. The summed E-state index contributed by atoms with van der Waals surface area (Å²) in [7, 11) is 1.65. The Bertz CT molecular complexity index is 726. The fraction of sp³-hybridized carbons (Fsp3) is 0.316. The monoisotopic (exact) mass is 344 g/mol. The minimum absolute atomic E-state index is 0.0921. The highest BCUT2D eigenvalue weighted by atomic mass is 35.5. The fourth-order valence-corrected chi connectivity index (χ4v) is 3.13. The largest absolute Gasteiger partial charge is 0.495 e. The standard InChI is InChI=1S/C19H21ClN2O2/c1-14-12-17(18(24-2)13-16(14)20)21-8-10-22(11-9-21)19(23)15-6-4-3-5-7-15/h3-7,12-13H,8-11H2,1-2H3. The van der Waals surface area contributed by atoms with Gasteiger partial charge in [-0.05, 0) is 30.7 Å². The van der Waals surface area contributed by atoms with Crippen molar-refractivity contribution in [1.29, 1.82) is 0 Å². The molecule has 0 atom stereocenters. The summed E-state index contributed by atoms with van der Waals surface area (Å²) in [5, 5.41) is 0.702. The second-order valence-corrected chi connectivity index (χ2v) is 6.33. The van der Waals surface area contributed by atoms with E-state index in [2.05, 4.69) is 11.0 Å². The Morgan fingerprint density at radius 3 is 2.38 bits per heavy atom. The van der Waals surface area contributed by atoms with Crippen molar-refractivity contribution in [2.75, 3.05) is 38.2 Å². The van der Waals surface area contributed by atoms with Crippen LogP contribution in [0.15, 0.2) is 42.5 Å². The summed E-state index contributed by atoms with van der Waals surface area (Å²) in [5.41, 5.74) is 2.80. The average molecular weight is 345 g/mol. The van der Waals surface area contributed by atoms with Gasteiger partial charge >= 0.3 is 0 Å². The minimum Gasteiger partial charge on any atom is -0.495 e. The lowest BCUT2D eigenvalue weighted by Gasteiger charge is -2.37. The maximum atomic E-state index is 12.5. The number of carbonyl (C=O) groups excluding carboxylic acids is 1. The Hall–Kier alpha value is -2.20. The van der Waals surface area contributed by atoms with E-state index >= 15 is 0 Å². The number of ether oxygens (including phenoxy) is 1. The highest BCUT2D eigenvalue weighted by Gasteiger charge is 2.24. The lowest BCUT2D eigenvalue weighted by atomic mass is 10.1. The molecule has 1 fully saturated rings. The number of hydrogen-bond donors (Lipinski definition) is 0. The number of nitrogens with zero attached hydrogens (tertiary/aromatic N) is 2. The van der Waals surface area contributed by atoms with Crippen LogP contribution in [0.2, 0.25) is 5.02 Å². The zero-order chi connectivity index (χ0) is 17.1. The lowest BCUT2D eigenvalue weighted by molar-refractivity contribution is 0.0746. The van der Waals surface area contributed by atoms with Crippen molar-refractivity contribution >= 4 is 23.2 Å². The summed E-state index contributed by atoms with van der Waals surface area (Å²) in [5.74, 6) is 0.864. The molecular weight excluding hydrogens is 324 g/mol. The van der Waals surface area contributed by atoms with Gasteiger partial charge in [-0.15, -0.1) is 0 Å². The van der Waals surface area contributed by atoms with Crippen LogP contribution in [0.5, 0.6) is 5.75 Å². The van der Waals surface area contributed by atoms with Gasteiger partial charge < -0.3 is 14.5 Å². The average Bonchev–Trinajstić information content (AvgIpc) is 2.64. The van der Waals surface area contributed by atoms with Crippen LogP contribution in [0.4, 0.5) is 5.69 Å². The fourth-order valence-electron chi connectivity index (χ4n) is 2.97. The van der Waals surface area contributed by atoms with Crippen LogP contribution in [0.3, 0.4) is 0 Å². The molecular formula is C19H21ClN2O2. The van der Waals surface area contributed by atoms with Gasteiger partial charge in [0.15, 0.2) is 0 Å². The van der Waals surface area contributed by atoms with E-state index in [4.69, 9.17) is 16.3 Å². The smallest absolute Gasteiger partial charge is 0.253 e. The first-order valence-electron chi connectivity index (χ1n) is 8.03. The maximum Gasteiger partial charge on any atom is 0.253 e. The van der Waals surface area contributed by atoms with Crippen LogP contribution in [0.25, 0.3) is 0 Å². The van der Waals surface area contributed by atoms with Gasteiger partial charge in [0.25, 0.3) is 5.91 Å². The Kier molecular flexibility index (Phi) is 4.95. The number of benzene rings is 2. The molecule has 0 saturated carbocycles. The Labute approximate surface area is 147 Å². The van der Waals surface area contributed by atoms with Crippen molar-refractivity contribution < 1.29 is 9.53 Å². The molecule has 1 amide bonds. The first-order valence-corrected chi connectivity index (χ1v) is 8.41. The van der Waals surface area contributed by atoms with E-state index in [1.165, 1.54) is 0 Å². The van der Waals surface area contributed by atoms with E-state index in [1.54, 1.807) is 7.11 Å². The van der Waals surface area contributed by atoms with Crippen molar-refractivity contribution in [3.05, 3.63) is 58.6 Å². The number of methoxy groups -OCH3 is 1. The van der Waals surface area contributed by atoms with E-state index in [9.17, 15) is 4.79 Å². The molecule has 0 spiro atoms. The number of hydrogen-bond acceptors (Lipinski definition) is 3. The Balaban J connectivity index is 1.72. The summed E-state index contributed by atoms with van der Waals surface area (Å²) < 4.78 is 5.47. The summed E-state index contributed by atoms with van der Waals surface area (Å²) >= 11 is 6.18. The van der Waals surface area contributed by atoms with Gasteiger partial charge in [0.05, 0.1) is 12.8 Å². The molecule has 0 unspecified atom stereocenters. The van der Waals surface area contributed by atoms with E-state index in [-0.39, 0.29) is 5.91 Å². The van der Waals surface area contributed by atoms with Gasteiger partial charge in [-0.1, -0.05) is 29.8 Å². The third-order valence-electron chi connectivity index (χ3n) is 4.39. The van der Waals surface area contributed by atoms with E-state index in [0.29, 0.717) is 18.1 Å². The van der Waals surface area contributed by atoms with Crippen LogP contribution in [-0.2, 0) is 0 Å². The second-order valence-electron chi connectivity index (χ2n) is 5.92. The molecule has 126 valence electrons. The normalized spacial score (nSPS) is 14.6. The van der Waals surface area contributed by atoms with Gasteiger partial charge in [-0.2, -0.15) is 0 Å². The number of amides is 1. The zero-order valence-corrected chi connectivity index (χ0v) is 14.7. The summed E-state index contributed by atoms with van der Waals surface area (Å²) in [6.07, 6.45) is 0. The van der Waals surface area contributed by atoms with E-state index in [1.807, 2.05) is 48.2 Å². The second kappa shape index (κ2) is 7.14. The highest BCUT2D eigenvalue weighted by molar-refractivity contribution is 6.31. The van der Waals surface area contributed by atoms with Crippen LogP contribution in [0.1, 0.15) is 15.9 Å². The molecule has 2 aromatic rings. The molecule has 1 aliphatic rings. The van der Waals surface area contributed by atoms with Crippen molar-refractivity contribution in [2.24, 2.45) is 0 Å². The number of halogens is 1. The third-order valence-corrected chi connectivity index (χ3v) is 4.80. The molecule has 2 aromatic carbocycles. The van der Waals surface area contributed by atoms with Crippen molar-refractivity contribution in [3.8, 4) is 5.75 Å². The molecule has 4 nitrogen and oxygen atoms in total. The van der Waals surface area contributed by atoms with E-state index in [0.717, 1.165) is 35.7 Å². The summed E-state index contributed by atoms with van der Waals surface area (Å²) in [6, 6.07) is 13.3. The molecule has 0 N–H and O–H groups in total. The Morgan fingerprint density at radius 2 is 1.75 bits per heavy atom. The van der Waals surface area contributed by atoms with Crippen LogP contribution in [-0.4, -0.2) is 44.1 Å². The van der Waals surface area contributed by atoms with Gasteiger partial charge in [-0.3, -0.25) is 4.79 Å². The molecule has 5 heteroatoms. The summed E-state index contributed by atoms with van der Waals surface area (Å²) in [6.45, 7) is 4.92. The molecule has 0 aromatic heterocycles. The van der Waals surface area contributed by atoms with Gasteiger partial charge in [0, 0.05) is 42.8 Å². The predicted octanol–water partition coefficient (Wildman–Crippen LogP) is 3.62. The molecule has 24 heavy (non-hydrogen) atoms. The predicted molar refractivity (Wildman–Crippen MR) is 97.3 cm³/mol. The number of carbonyl (C=O) groups is 1. The maximum absolute atomic E-state index is 12.5. The molecule has 0 bridgehead atoms. The number of rotatable bonds is 3. The van der Waals surface area contributed by atoms with Crippen LogP contribution < -0.4 is 9.64 Å². The topological polar surface area (TPSA) is 32.8 Å². The Morgan fingerprint density at radius 1 is 1.08 bits per heavy atom. The first kappa shape index (κ1) is 16.7. The number of piperazine rings is 1. The molecule has 1 saturated heterocycles. The molecule has 0 radical (unpaired) electrons. The van der Waals surface area contributed by atoms with Crippen molar-refractivity contribution in [1.82, 2.24) is 4.90 Å². The number of anilines is 1. The van der Waals surface area contributed by atoms with Crippen molar-refractivity contribution in [2.45, 2.75) is 6.92 Å². The van der Waals surface area contributed by atoms with Crippen LogP contribution in [0, 0.1) is 6.92 Å². The molecule has 1 heterocycles. The minimum atomic E-state index is 0.0921. The van der Waals surface area contributed by atoms with Gasteiger partial charge in [0.2, 0.25) is 0 Å². The first-order chi connectivity index (χ1) is 11.6. The van der Waals surface area contributed by atoms with Crippen LogP contribution >= 0.6 is 11.6 Å². The zero-order valence-electron chi connectivity index (χ0n) is 14.0. The number of aryl methyl sites for hydroxylation is 1. The molecule has 3 rings (SSSR count). The van der Waals surface area contributed by atoms with Crippen molar-refractivity contribution in [3.63, 3.8) is 0 Å². The quantitative estimate of drug-likeness (QED) is 0.852. The SMILES string of the molecule is COc1cc(Cl)c(C)cc1N1CCN(C(=O)c2ccccc2)CC1.